The van der Waals surface area contributed by atoms with Gasteiger partial charge in [0.25, 0.3) is 11.8 Å². The first-order valence-electron chi connectivity index (χ1n) is 8.37. The Bertz CT molecular complexity index is 568. The van der Waals surface area contributed by atoms with Gasteiger partial charge in [0.1, 0.15) is 0 Å². The Labute approximate surface area is 150 Å². The fraction of sp³-hybridized carbons (Fsp3) is 0.556. The van der Waals surface area contributed by atoms with Crippen LogP contribution < -0.4 is 11.1 Å². The molecule has 0 aliphatic heterocycles. The summed E-state index contributed by atoms with van der Waals surface area (Å²) in [7, 11) is 0. The number of nitrogens with two attached hydrogens (primary N) is 1. The van der Waals surface area contributed by atoms with E-state index in [1.165, 1.54) is 0 Å². The summed E-state index contributed by atoms with van der Waals surface area (Å²) in [5, 5.41) is 3.06. The van der Waals surface area contributed by atoms with Gasteiger partial charge < -0.3 is 16.0 Å². The average Bonchev–Trinajstić information content (AvgIpc) is 3.41. The highest BCUT2D eigenvalue weighted by atomic mass is 35.5. The van der Waals surface area contributed by atoms with E-state index < -0.39 is 0 Å². The van der Waals surface area contributed by atoms with Crippen LogP contribution in [-0.4, -0.2) is 41.9 Å². The quantitative estimate of drug-likeness (QED) is 0.790. The first-order valence-corrected chi connectivity index (χ1v) is 8.37. The van der Waals surface area contributed by atoms with Crippen molar-refractivity contribution in [2.24, 2.45) is 11.7 Å². The number of hydrogen-bond donors (Lipinski definition) is 2. The largest absolute Gasteiger partial charge is 0.345 e. The van der Waals surface area contributed by atoms with E-state index in [-0.39, 0.29) is 29.8 Å². The lowest BCUT2D eigenvalue weighted by Crippen LogP contribution is -2.53. The normalized spacial score (nSPS) is 15.8. The van der Waals surface area contributed by atoms with Crippen molar-refractivity contribution in [3.8, 4) is 0 Å². The zero-order valence-corrected chi connectivity index (χ0v) is 15.5. The van der Waals surface area contributed by atoms with E-state index in [0.717, 1.165) is 12.8 Å². The SMILES string of the molecule is CCN(CC)C(=O)c1ccc(C(=O)NC(C)(CN)C2CC2)cc1.Cl. The molecular formula is C18H28ClN3O2. The van der Waals surface area contributed by atoms with Crippen LogP contribution >= 0.6 is 12.4 Å². The minimum Gasteiger partial charge on any atom is -0.345 e. The minimum absolute atomic E-state index is 0. The summed E-state index contributed by atoms with van der Waals surface area (Å²) in [6.45, 7) is 7.69. The van der Waals surface area contributed by atoms with Crippen molar-refractivity contribution in [2.45, 2.75) is 39.2 Å². The summed E-state index contributed by atoms with van der Waals surface area (Å²) < 4.78 is 0. The van der Waals surface area contributed by atoms with Gasteiger partial charge in [0.05, 0.1) is 5.54 Å². The third kappa shape index (κ3) is 4.48. The monoisotopic (exact) mass is 353 g/mol. The van der Waals surface area contributed by atoms with Crippen LogP contribution in [0.1, 0.15) is 54.3 Å². The van der Waals surface area contributed by atoms with E-state index in [1.807, 2.05) is 20.8 Å². The number of nitrogens with one attached hydrogen (secondary N) is 1. The highest BCUT2D eigenvalue weighted by Gasteiger charge is 2.41. The lowest BCUT2D eigenvalue weighted by atomic mass is 9.95. The van der Waals surface area contributed by atoms with E-state index in [0.29, 0.717) is 36.7 Å². The summed E-state index contributed by atoms with van der Waals surface area (Å²) >= 11 is 0. The van der Waals surface area contributed by atoms with Crippen LogP contribution in [-0.2, 0) is 0 Å². The minimum atomic E-state index is -0.340. The predicted molar refractivity (Wildman–Crippen MR) is 98.6 cm³/mol. The van der Waals surface area contributed by atoms with Crippen molar-refractivity contribution in [2.75, 3.05) is 19.6 Å². The molecule has 1 saturated carbocycles. The molecule has 0 bridgehead atoms. The molecule has 0 heterocycles. The first-order chi connectivity index (χ1) is 10.9. The van der Waals surface area contributed by atoms with Crippen molar-refractivity contribution in [3.63, 3.8) is 0 Å². The predicted octanol–water partition coefficient (Wildman–Crippen LogP) is 2.45. The number of benzene rings is 1. The molecule has 6 heteroatoms. The number of carbonyl (C=O) groups is 2. The van der Waals surface area contributed by atoms with E-state index in [4.69, 9.17) is 5.73 Å². The van der Waals surface area contributed by atoms with Gasteiger partial charge in [-0.15, -0.1) is 12.4 Å². The third-order valence-corrected chi connectivity index (χ3v) is 4.75. The molecule has 0 aromatic heterocycles. The van der Waals surface area contributed by atoms with Crippen LogP contribution in [0.15, 0.2) is 24.3 Å². The van der Waals surface area contributed by atoms with Crippen LogP contribution in [0.4, 0.5) is 0 Å². The van der Waals surface area contributed by atoms with Gasteiger partial charge in [-0.3, -0.25) is 9.59 Å². The third-order valence-electron chi connectivity index (χ3n) is 4.75. The number of amides is 2. The molecule has 3 N–H and O–H groups in total. The molecular weight excluding hydrogens is 326 g/mol. The Balaban J connectivity index is 0.00000288. The lowest BCUT2D eigenvalue weighted by Gasteiger charge is -2.29. The first kappa shape index (κ1) is 20.5. The van der Waals surface area contributed by atoms with Crippen molar-refractivity contribution in [1.82, 2.24) is 10.2 Å². The van der Waals surface area contributed by atoms with Crippen LogP contribution in [0.25, 0.3) is 0 Å². The Morgan fingerprint density at radius 3 is 2.08 bits per heavy atom. The number of carbonyl (C=O) groups excluding carboxylic acids is 2. The maximum Gasteiger partial charge on any atom is 0.253 e. The van der Waals surface area contributed by atoms with E-state index in [1.54, 1.807) is 29.2 Å². The van der Waals surface area contributed by atoms with Gasteiger partial charge in [0.15, 0.2) is 0 Å². The second-order valence-electron chi connectivity index (χ2n) is 6.40. The fourth-order valence-electron chi connectivity index (χ4n) is 2.83. The van der Waals surface area contributed by atoms with Gasteiger partial charge in [0, 0.05) is 30.8 Å². The average molecular weight is 354 g/mol. The Kier molecular flexibility index (Phi) is 7.24. The molecule has 1 aromatic rings. The maximum atomic E-state index is 12.4. The smallest absolute Gasteiger partial charge is 0.253 e. The van der Waals surface area contributed by atoms with Crippen molar-refractivity contribution >= 4 is 24.2 Å². The molecule has 0 saturated heterocycles. The summed E-state index contributed by atoms with van der Waals surface area (Å²) in [5.74, 6) is 0.332. The van der Waals surface area contributed by atoms with Crippen molar-refractivity contribution in [3.05, 3.63) is 35.4 Å². The molecule has 0 radical (unpaired) electrons. The number of hydrogen-bond acceptors (Lipinski definition) is 3. The van der Waals surface area contributed by atoms with E-state index >= 15 is 0 Å². The van der Waals surface area contributed by atoms with E-state index in [2.05, 4.69) is 5.32 Å². The Morgan fingerprint density at radius 1 is 1.17 bits per heavy atom. The zero-order chi connectivity index (χ0) is 17.0. The number of rotatable bonds is 7. The number of nitrogens with zero attached hydrogens (tertiary/aromatic N) is 1. The highest BCUT2D eigenvalue weighted by Crippen LogP contribution is 2.39. The van der Waals surface area contributed by atoms with E-state index in [9.17, 15) is 9.59 Å². The molecule has 1 aliphatic carbocycles. The van der Waals surface area contributed by atoms with Crippen LogP contribution in [0.5, 0.6) is 0 Å². The molecule has 2 rings (SSSR count). The second-order valence-corrected chi connectivity index (χ2v) is 6.40. The fourth-order valence-corrected chi connectivity index (χ4v) is 2.83. The molecule has 1 aromatic carbocycles. The molecule has 2 amide bonds. The molecule has 1 fully saturated rings. The molecule has 1 atom stereocenters. The molecule has 1 aliphatic rings. The summed E-state index contributed by atoms with van der Waals surface area (Å²) in [4.78, 5) is 26.4. The molecule has 5 nitrogen and oxygen atoms in total. The van der Waals surface area contributed by atoms with Gasteiger partial charge in [-0.2, -0.15) is 0 Å². The van der Waals surface area contributed by atoms with Gasteiger partial charge >= 0.3 is 0 Å². The molecule has 134 valence electrons. The topological polar surface area (TPSA) is 75.4 Å². The van der Waals surface area contributed by atoms with Crippen molar-refractivity contribution in [1.29, 1.82) is 0 Å². The number of halogens is 1. The Morgan fingerprint density at radius 2 is 1.67 bits per heavy atom. The van der Waals surface area contributed by atoms with Gasteiger partial charge in [-0.05, 0) is 63.8 Å². The molecule has 1 unspecified atom stereocenters. The van der Waals surface area contributed by atoms with Gasteiger partial charge in [-0.1, -0.05) is 0 Å². The van der Waals surface area contributed by atoms with Gasteiger partial charge in [-0.25, -0.2) is 0 Å². The molecule has 0 spiro atoms. The summed E-state index contributed by atoms with van der Waals surface area (Å²) in [5.41, 5.74) is 6.66. The van der Waals surface area contributed by atoms with Gasteiger partial charge in [0.2, 0.25) is 0 Å². The highest BCUT2D eigenvalue weighted by molar-refractivity contribution is 5.98. The standard InChI is InChI=1S/C18H27N3O2.ClH/c1-4-21(5-2)17(23)14-8-6-13(7-9-14)16(22)20-18(3,12-19)15-10-11-15;/h6-9,15H,4-5,10-12,19H2,1-3H3,(H,20,22);1H. The van der Waals surface area contributed by atoms with Crippen molar-refractivity contribution < 1.29 is 9.59 Å². The zero-order valence-electron chi connectivity index (χ0n) is 14.7. The lowest BCUT2D eigenvalue weighted by molar-refractivity contribution is 0.0772. The van der Waals surface area contributed by atoms with Crippen LogP contribution in [0.3, 0.4) is 0 Å². The Hall–Kier alpha value is -1.59. The van der Waals surface area contributed by atoms with Crippen LogP contribution in [0, 0.1) is 5.92 Å². The van der Waals surface area contributed by atoms with Crippen LogP contribution in [0.2, 0.25) is 0 Å². The molecule has 24 heavy (non-hydrogen) atoms. The second kappa shape index (κ2) is 8.49. The maximum absolute atomic E-state index is 12.4. The summed E-state index contributed by atoms with van der Waals surface area (Å²) in [6, 6.07) is 6.84. The summed E-state index contributed by atoms with van der Waals surface area (Å²) in [6.07, 6.45) is 2.23.